The second-order valence-electron chi connectivity index (χ2n) is 11.1. The number of rotatable bonds is 9. The highest BCUT2D eigenvalue weighted by Crippen LogP contribution is 2.46. The number of hydrogen-bond acceptors (Lipinski definition) is 5. The zero-order chi connectivity index (χ0) is 28.2. The summed E-state index contributed by atoms with van der Waals surface area (Å²) in [4.78, 5) is 19.5. The van der Waals surface area contributed by atoms with E-state index < -0.39 is 5.41 Å². The number of aromatic nitrogens is 6. The average Bonchev–Trinajstić information content (AvgIpc) is 3.25. The van der Waals surface area contributed by atoms with Crippen molar-refractivity contribution in [1.29, 1.82) is 0 Å². The Balaban J connectivity index is 1.28. The Kier molecular flexibility index (Phi) is 6.66. The maximum atomic E-state index is 14.5. The lowest BCUT2D eigenvalue weighted by Gasteiger charge is -2.27. The molecule has 1 aliphatic heterocycles. The van der Waals surface area contributed by atoms with E-state index in [1.54, 1.807) is 18.2 Å². The van der Waals surface area contributed by atoms with Gasteiger partial charge in [0.05, 0.1) is 42.8 Å². The Labute approximate surface area is 235 Å². The topological polar surface area (TPSA) is 83.0 Å². The van der Waals surface area contributed by atoms with Crippen LogP contribution in [0.4, 0.5) is 10.2 Å². The number of carbonyl (C=O) groups is 1. The molecule has 0 bridgehead atoms. The molecule has 40 heavy (non-hydrogen) atoms. The van der Waals surface area contributed by atoms with Crippen LogP contribution in [0.3, 0.4) is 0 Å². The summed E-state index contributed by atoms with van der Waals surface area (Å²) >= 11 is 0. The number of amides is 1. The molecule has 2 aliphatic rings. The van der Waals surface area contributed by atoms with Crippen molar-refractivity contribution in [3.63, 3.8) is 0 Å². The molecule has 0 radical (unpaired) electrons. The largest absolute Gasteiger partial charge is 0.382 e. The number of hydrogen-bond donors (Lipinski definition) is 0. The molecule has 1 aliphatic carbocycles. The number of alkyl halides is 1. The SMILES string of the molecule is CCn1cc(C(C)(F)P)nc1-c1ccc(CN2C(=O)CCn3nc(-c4c(C)cnn4C4(COC)CC4)cc32)cc1. The minimum Gasteiger partial charge on any atom is -0.382 e. The summed E-state index contributed by atoms with van der Waals surface area (Å²) in [7, 11) is 3.93. The summed E-state index contributed by atoms with van der Waals surface area (Å²) in [6.07, 6.45) is 6.08. The third-order valence-corrected chi connectivity index (χ3v) is 8.22. The lowest BCUT2D eigenvalue weighted by molar-refractivity contribution is -0.119. The van der Waals surface area contributed by atoms with Gasteiger partial charge in [-0.05, 0) is 44.7 Å². The monoisotopic (exact) mass is 563 g/mol. The third kappa shape index (κ3) is 4.67. The summed E-state index contributed by atoms with van der Waals surface area (Å²) in [6.45, 7) is 7.81. The molecule has 0 N–H and O–H groups in total. The van der Waals surface area contributed by atoms with Crippen LogP contribution >= 0.6 is 9.24 Å². The molecule has 6 rings (SSSR count). The van der Waals surface area contributed by atoms with E-state index in [1.165, 1.54) is 6.92 Å². The van der Waals surface area contributed by atoms with Crippen LogP contribution < -0.4 is 4.90 Å². The fourth-order valence-corrected chi connectivity index (χ4v) is 5.67. The van der Waals surface area contributed by atoms with E-state index in [0.29, 0.717) is 38.4 Å². The van der Waals surface area contributed by atoms with Gasteiger partial charge in [0.2, 0.25) is 5.91 Å². The minimum atomic E-state index is -1.59. The number of imidazole rings is 1. The fraction of sp³-hybridized carbons (Fsp3) is 0.448. The van der Waals surface area contributed by atoms with Gasteiger partial charge < -0.3 is 9.30 Å². The molecular weight excluding hydrogens is 528 g/mol. The number of nitrogens with zero attached hydrogens (tertiary/aromatic N) is 7. The van der Waals surface area contributed by atoms with E-state index >= 15 is 0 Å². The molecule has 210 valence electrons. The van der Waals surface area contributed by atoms with Crippen LogP contribution in [0.2, 0.25) is 0 Å². The molecule has 11 heteroatoms. The Morgan fingerprint density at radius 1 is 1.23 bits per heavy atom. The molecule has 1 fully saturated rings. The predicted molar refractivity (Wildman–Crippen MR) is 155 cm³/mol. The molecule has 0 saturated heterocycles. The van der Waals surface area contributed by atoms with Gasteiger partial charge in [-0.3, -0.25) is 14.4 Å². The summed E-state index contributed by atoms with van der Waals surface area (Å²) in [5, 5.41) is 8.01. The first-order chi connectivity index (χ1) is 19.1. The predicted octanol–water partition coefficient (Wildman–Crippen LogP) is 5.03. The van der Waals surface area contributed by atoms with Crippen molar-refractivity contribution in [3.8, 4) is 22.8 Å². The number of anilines is 1. The summed E-state index contributed by atoms with van der Waals surface area (Å²) in [5.74, 6) is 1.58. The van der Waals surface area contributed by atoms with Crippen LogP contribution in [-0.4, -0.2) is 48.7 Å². The van der Waals surface area contributed by atoms with Crippen LogP contribution in [0.15, 0.2) is 42.7 Å². The normalized spacial score (nSPS) is 17.6. The lowest BCUT2D eigenvalue weighted by atomic mass is 10.1. The highest BCUT2D eigenvalue weighted by molar-refractivity contribution is 7.18. The van der Waals surface area contributed by atoms with Gasteiger partial charge in [-0.1, -0.05) is 33.5 Å². The number of aryl methyl sites for hydroxylation is 3. The number of carbonyl (C=O) groups excluding carboxylic acids is 1. The number of halogens is 1. The zero-order valence-electron chi connectivity index (χ0n) is 23.4. The van der Waals surface area contributed by atoms with Crippen molar-refractivity contribution in [2.45, 2.75) is 70.6 Å². The number of ether oxygens (including phenoxy) is 1. The van der Waals surface area contributed by atoms with Crippen molar-refractivity contribution in [2.75, 3.05) is 18.6 Å². The minimum absolute atomic E-state index is 0.0696. The third-order valence-electron chi connectivity index (χ3n) is 7.93. The average molecular weight is 564 g/mol. The fourth-order valence-electron chi connectivity index (χ4n) is 5.53. The van der Waals surface area contributed by atoms with Crippen LogP contribution in [0.25, 0.3) is 22.8 Å². The van der Waals surface area contributed by atoms with Crippen molar-refractivity contribution in [2.24, 2.45) is 0 Å². The van der Waals surface area contributed by atoms with Crippen molar-refractivity contribution in [3.05, 3.63) is 59.5 Å². The van der Waals surface area contributed by atoms with Gasteiger partial charge in [0.15, 0.2) is 5.41 Å². The van der Waals surface area contributed by atoms with Crippen LogP contribution in [-0.2, 0) is 40.1 Å². The highest BCUT2D eigenvalue weighted by atomic mass is 31.0. The van der Waals surface area contributed by atoms with E-state index in [-0.39, 0.29) is 11.4 Å². The van der Waals surface area contributed by atoms with Gasteiger partial charge in [-0.15, -0.1) is 0 Å². The van der Waals surface area contributed by atoms with Crippen LogP contribution in [0.1, 0.15) is 49.9 Å². The van der Waals surface area contributed by atoms with Gasteiger partial charge in [0.25, 0.3) is 0 Å². The Morgan fingerprint density at radius 3 is 2.62 bits per heavy atom. The molecule has 2 atom stereocenters. The molecular formula is C29H35FN7O2P. The molecule has 4 heterocycles. The maximum Gasteiger partial charge on any atom is 0.230 e. The second kappa shape index (κ2) is 9.93. The summed E-state index contributed by atoms with van der Waals surface area (Å²) in [5.41, 5.74) is 5.00. The lowest BCUT2D eigenvalue weighted by Crippen LogP contribution is -2.36. The van der Waals surface area contributed by atoms with Gasteiger partial charge in [0, 0.05) is 37.9 Å². The van der Waals surface area contributed by atoms with E-state index in [9.17, 15) is 9.18 Å². The standard InChI is InChI=1S/C29H35FN7O2P/c1-5-34-17-23(28(3,30)40)32-27(34)21-8-6-20(7-9-21)16-35-24-14-22(33-36(24)13-10-25(35)38)26-19(2)15-31-37(26)29(11-12-29)18-39-4/h6-9,14-15,17H,5,10-13,16,18,40H2,1-4H3. The van der Waals surface area contributed by atoms with Gasteiger partial charge in [-0.25, -0.2) is 14.1 Å². The maximum absolute atomic E-state index is 14.5. The number of fused-ring (bicyclic) bond motifs is 1. The molecule has 9 nitrogen and oxygen atoms in total. The van der Waals surface area contributed by atoms with E-state index in [1.807, 2.05) is 59.6 Å². The van der Waals surface area contributed by atoms with E-state index in [0.717, 1.165) is 52.6 Å². The first-order valence-electron chi connectivity index (χ1n) is 13.7. The smallest absolute Gasteiger partial charge is 0.230 e. The van der Waals surface area contributed by atoms with Gasteiger partial charge in [-0.2, -0.15) is 10.2 Å². The molecule has 1 amide bonds. The van der Waals surface area contributed by atoms with Crippen molar-refractivity contribution < 1.29 is 13.9 Å². The molecule has 3 aromatic heterocycles. The number of methoxy groups -OCH3 is 1. The second-order valence-corrected chi connectivity index (χ2v) is 12.2. The van der Waals surface area contributed by atoms with Gasteiger partial charge >= 0.3 is 0 Å². The van der Waals surface area contributed by atoms with E-state index in [4.69, 9.17) is 14.9 Å². The van der Waals surface area contributed by atoms with Gasteiger partial charge in [0.1, 0.15) is 17.3 Å². The van der Waals surface area contributed by atoms with Crippen molar-refractivity contribution in [1.82, 2.24) is 29.1 Å². The quantitative estimate of drug-likeness (QED) is 0.267. The Morgan fingerprint density at radius 2 is 1.98 bits per heavy atom. The van der Waals surface area contributed by atoms with Crippen LogP contribution in [0.5, 0.6) is 0 Å². The Bertz CT molecular complexity index is 1560. The molecule has 4 aromatic rings. The first kappa shape index (κ1) is 26.8. The molecule has 1 saturated carbocycles. The molecule has 0 spiro atoms. The van der Waals surface area contributed by atoms with Crippen LogP contribution in [0, 0.1) is 6.92 Å². The molecule has 1 aromatic carbocycles. The van der Waals surface area contributed by atoms with Crippen molar-refractivity contribution >= 4 is 21.0 Å². The number of benzene rings is 1. The first-order valence-corrected chi connectivity index (χ1v) is 14.3. The summed E-state index contributed by atoms with van der Waals surface area (Å²) in [6, 6.07) is 9.98. The Hall–Kier alpha value is -3.36. The molecule has 2 unspecified atom stereocenters. The zero-order valence-corrected chi connectivity index (χ0v) is 24.5. The highest BCUT2D eigenvalue weighted by Gasteiger charge is 2.47. The van der Waals surface area contributed by atoms with E-state index in [2.05, 4.69) is 18.9 Å². The summed E-state index contributed by atoms with van der Waals surface area (Å²) < 4.78 is 26.0.